The topological polar surface area (TPSA) is 17.1 Å². The predicted molar refractivity (Wildman–Crippen MR) is 28.4 cm³/mol. The first kappa shape index (κ1) is 5.73. The van der Waals surface area contributed by atoms with E-state index in [2.05, 4.69) is 0 Å². The van der Waals surface area contributed by atoms with E-state index in [1.165, 1.54) is 0 Å². The Balaban J connectivity index is 2.29. The summed E-state index contributed by atoms with van der Waals surface area (Å²) < 4.78 is 12.7. The van der Waals surface area contributed by atoms with Crippen LogP contribution in [0.5, 0.6) is 0 Å². The molecule has 2 heteroatoms. The fourth-order valence-corrected chi connectivity index (χ4v) is 0.914. The van der Waals surface area contributed by atoms with Crippen LogP contribution in [0.2, 0.25) is 0 Å². The van der Waals surface area contributed by atoms with Crippen molar-refractivity contribution < 1.29 is 9.18 Å². The van der Waals surface area contributed by atoms with Gasteiger partial charge in [0.25, 0.3) is 0 Å². The third kappa shape index (κ3) is 0.881. The number of halogens is 1. The maximum absolute atomic E-state index is 12.7. The smallest absolute Gasteiger partial charge is 0.123 e. The number of rotatable bonds is 2. The molecule has 46 valence electrons. The zero-order chi connectivity index (χ0) is 6.04. The lowest BCUT2D eigenvalue weighted by atomic mass is 9.80. The van der Waals surface area contributed by atoms with Gasteiger partial charge in [-0.2, -0.15) is 0 Å². The molecule has 0 aliphatic heterocycles. The molecule has 0 aromatic heterocycles. The van der Waals surface area contributed by atoms with Crippen LogP contribution < -0.4 is 0 Å². The quantitative estimate of drug-likeness (QED) is 0.499. The molecule has 0 radical (unpaired) electrons. The van der Waals surface area contributed by atoms with E-state index in [-0.39, 0.29) is 6.42 Å². The molecule has 1 fully saturated rings. The van der Waals surface area contributed by atoms with Crippen LogP contribution >= 0.6 is 0 Å². The summed E-state index contributed by atoms with van der Waals surface area (Å²) in [5.74, 6) is 0. The van der Waals surface area contributed by atoms with E-state index in [1.54, 1.807) is 0 Å². The van der Waals surface area contributed by atoms with Crippen molar-refractivity contribution in [1.29, 1.82) is 0 Å². The zero-order valence-electron chi connectivity index (χ0n) is 4.69. The molecule has 0 aromatic carbocycles. The van der Waals surface area contributed by atoms with Gasteiger partial charge in [-0.15, -0.1) is 0 Å². The summed E-state index contributed by atoms with van der Waals surface area (Å²) in [7, 11) is 0. The van der Waals surface area contributed by atoms with Gasteiger partial charge in [-0.25, -0.2) is 4.39 Å². The third-order valence-electron chi connectivity index (χ3n) is 1.70. The molecule has 1 nitrogen and oxygen atoms in total. The second-order valence-electron chi connectivity index (χ2n) is 2.38. The number of aldehydes is 1. The molecule has 0 heterocycles. The van der Waals surface area contributed by atoms with E-state index in [0.29, 0.717) is 19.1 Å². The fourth-order valence-electron chi connectivity index (χ4n) is 0.914. The van der Waals surface area contributed by atoms with Gasteiger partial charge in [-0.3, -0.25) is 0 Å². The molecule has 1 aliphatic carbocycles. The van der Waals surface area contributed by atoms with Gasteiger partial charge in [-0.1, -0.05) is 0 Å². The molecule has 0 spiro atoms. The number of carbonyl (C=O) groups excluding carboxylic acids is 1. The minimum Gasteiger partial charge on any atom is -0.303 e. The van der Waals surface area contributed by atoms with Crippen molar-refractivity contribution in [2.45, 2.75) is 31.4 Å². The maximum atomic E-state index is 12.7. The molecule has 1 rings (SSSR count). The molecule has 0 aromatic rings. The first-order valence-electron chi connectivity index (χ1n) is 2.89. The van der Waals surface area contributed by atoms with Crippen molar-refractivity contribution in [1.82, 2.24) is 0 Å². The standard InChI is InChI=1S/C6H9FO/c7-6(4-5-8)2-1-3-6/h5H,1-4H2. The fraction of sp³-hybridized carbons (Fsp3) is 0.833. The maximum Gasteiger partial charge on any atom is 0.123 e. The van der Waals surface area contributed by atoms with E-state index in [4.69, 9.17) is 0 Å². The minimum absolute atomic E-state index is 0.104. The van der Waals surface area contributed by atoms with Gasteiger partial charge in [0.15, 0.2) is 0 Å². The Morgan fingerprint density at radius 3 is 2.38 bits per heavy atom. The average molecular weight is 116 g/mol. The third-order valence-corrected chi connectivity index (χ3v) is 1.70. The highest BCUT2D eigenvalue weighted by atomic mass is 19.1. The van der Waals surface area contributed by atoms with Crippen molar-refractivity contribution in [3.05, 3.63) is 0 Å². The van der Waals surface area contributed by atoms with E-state index in [0.717, 1.165) is 6.42 Å². The van der Waals surface area contributed by atoms with Crippen LogP contribution in [0.4, 0.5) is 4.39 Å². The van der Waals surface area contributed by atoms with Crippen LogP contribution in [0.1, 0.15) is 25.7 Å². The normalized spacial score (nSPS) is 24.1. The molecule has 0 atom stereocenters. The summed E-state index contributed by atoms with van der Waals surface area (Å²) in [4.78, 5) is 9.77. The first-order valence-corrected chi connectivity index (χ1v) is 2.89. The molecule has 0 unspecified atom stereocenters. The van der Waals surface area contributed by atoms with Gasteiger partial charge in [0.1, 0.15) is 12.0 Å². The Kier molecular flexibility index (Phi) is 1.32. The molecular weight excluding hydrogens is 107 g/mol. The van der Waals surface area contributed by atoms with Crippen LogP contribution in [0.15, 0.2) is 0 Å². The Hall–Kier alpha value is -0.400. The van der Waals surface area contributed by atoms with Gasteiger partial charge >= 0.3 is 0 Å². The Labute approximate surface area is 47.9 Å². The van der Waals surface area contributed by atoms with E-state index < -0.39 is 5.67 Å². The second-order valence-corrected chi connectivity index (χ2v) is 2.38. The summed E-state index contributed by atoms with van der Waals surface area (Å²) >= 11 is 0. The molecule has 8 heavy (non-hydrogen) atoms. The van der Waals surface area contributed by atoms with Gasteiger partial charge in [0, 0.05) is 6.42 Å². The molecule has 0 N–H and O–H groups in total. The molecule has 0 bridgehead atoms. The van der Waals surface area contributed by atoms with Crippen LogP contribution in [-0.4, -0.2) is 12.0 Å². The van der Waals surface area contributed by atoms with Crippen molar-refractivity contribution in [3.8, 4) is 0 Å². The van der Waals surface area contributed by atoms with Crippen molar-refractivity contribution in [3.63, 3.8) is 0 Å². The van der Waals surface area contributed by atoms with Crippen LogP contribution in [0.3, 0.4) is 0 Å². The second kappa shape index (κ2) is 1.84. The summed E-state index contributed by atoms with van der Waals surface area (Å²) in [6.45, 7) is 0. The Bertz CT molecular complexity index is 96.7. The highest BCUT2D eigenvalue weighted by Crippen LogP contribution is 2.37. The van der Waals surface area contributed by atoms with Crippen LogP contribution in [0, 0.1) is 0 Å². The van der Waals surface area contributed by atoms with E-state index in [9.17, 15) is 9.18 Å². The summed E-state index contributed by atoms with van der Waals surface area (Å²) in [6, 6.07) is 0. The summed E-state index contributed by atoms with van der Waals surface area (Å²) in [5, 5.41) is 0. The monoisotopic (exact) mass is 116 g/mol. The first-order chi connectivity index (χ1) is 3.77. The Morgan fingerprint density at radius 1 is 1.62 bits per heavy atom. The summed E-state index contributed by atoms with van der Waals surface area (Å²) in [6.07, 6.45) is 2.90. The number of alkyl halides is 1. The minimum atomic E-state index is -1.10. The molecular formula is C6H9FO. The summed E-state index contributed by atoms with van der Waals surface area (Å²) in [5.41, 5.74) is -1.10. The number of carbonyl (C=O) groups is 1. The van der Waals surface area contributed by atoms with Crippen LogP contribution in [-0.2, 0) is 4.79 Å². The number of hydrogen-bond acceptors (Lipinski definition) is 1. The predicted octanol–water partition coefficient (Wildman–Crippen LogP) is 1.47. The van der Waals surface area contributed by atoms with Crippen molar-refractivity contribution >= 4 is 6.29 Å². The van der Waals surface area contributed by atoms with Crippen molar-refractivity contribution in [2.24, 2.45) is 0 Å². The SMILES string of the molecule is O=CCC1(F)CCC1. The van der Waals surface area contributed by atoms with Crippen LogP contribution in [0.25, 0.3) is 0 Å². The van der Waals surface area contributed by atoms with Crippen molar-refractivity contribution in [2.75, 3.05) is 0 Å². The lowest BCUT2D eigenvalue weighted by Crippen LogP contribution is -2.31. The molecule has 0 saturated heterocycles. The average Bonchev–Trinajstić information content (AvgIpc) is 1.64. The van der Waals surface area contributed by atoms with Gasteiger partial charge < -0.3 is 4.79 Å². The molecule has 0 amide bonds. The van der Waals surface area contributed by atoms with Gasteiger partial charge in [0.2, 0.25) is 0 Å². The lowest BCUT2D eigenvalue weighted by molar-refractivity contribution is -0.111. The Morgan fingerprint density at radius 2 is 2.25 bits per heavy atom. The molecule has 1 aliphatic rings. The van der Waals surface area contributed by atoms with E-state index >= 15 is 0 Å². The molecule has 1 saturated carbocycles. The highest BCUT2D eigenvalue weighted by molar-refractivity contribution is 5.51. The van der Waals surface area contributed by atoms with E-state index in [1.807, 2.05) is 0 Å². The number of hydrogen-bond donors (Lipinski definition) is 0. The van der Waals surface area contributed by atoms with Gasteiger partial charge in [-0.05, 0) is 19.3 Å². The largest absolute Gasteiger partial charge is 0.303 e. The van der Waals surface area contributed by atoms with Gasteiger partial charge in [0.05, 0.1) is 0 Å². The zero-order valence-corrected chi connectivity index (χ0v) is 4.69. The lowest BCUT2D eigenvalue weighted by Gasteiger charge is -2.31. The highest BCUT2D eigenvalue weighted by Gasteiger charge is 2.36.